The number of aromatic nitrogens is 2. The zero-order valence-corrected chi connectivity index (χ0v) is 13.6. The lowest BCUT2D eigenvalue weighted by Crippen LogP contribution is -2.08. The molecule has 0 saturated heterocycles. The Morgan fingerprint density at radius 1 is 1.08 bits per heavy atom. The summed E-state index contributed by atoms with van der Waals surface area (Å²) in [6.45, 7) is 2.77. The van der Waals surface area contributed by atoms with Gasteiger partial charge in [0.05, 0.1) is 16.9 Å². The number of nitrogens with zero attached hydrogens (tertiary/aromatic N) is 2. The molecule has 0 fully saturated rings. The third-order valence-electron chi connectivity index (χ3n) is 4.39. The van der Waals surface area contributed by atoms with Crippen molar-refractivity contribution in [3.8, 4) is 16.9 Å². The zero-order valence-electron chi connectivity index (χ0n) is 13.6. The number of benzene rings is 2. The summed E-state index contributed by atoms with van der Waals surface area (Å²) in [5.41, 5.74) is 3.70. The molecule has 0 atom stereocenters. The van der Waals surface area contributed by atoms with Crippen LogP contribution < -0.4 is 5.32 Å². The van der Waals surface area contributed by atoms with Gasteiger partial charge in [-0.15, -0.1) is 0 Å². The van der Waals surface area contributed by atoms with Crippen molar-refractivity contribution >= 4 is 5.82 Å². The van der Waals surface area contributed by atoms with Gasteiger partial charge >= 0.3 is 6.18 Å². The van der Waals surface area contributed by atoms with E-state index in [0.29, 0.717) is 5.69 Å². The third-order valence-corrected chi connectivity index (χ3v) is 4.39. The van der Waals surface area contributed by atoms with Crippen LogP contribution in [-0.4, -0.2) is 16.3 Å². The van der Waals surface area contributed by atoms with E-state index < -0.39 is 11.7 Å². The molecular formula is C19H16F3N3. The van der Waals surface area contributed by atoms with Crippen LogP contribution in [0.4, 0.5) is 19.0 Å². The largest absolute Gasteiger partial charge is 0.416 e. The summed E-state index contributed by atoms with van der Waals surface area (Å²) in [5.74, 6) is 0.773. The van der Waals surface area contributed by atoms with Crippen LogP contribution in [0.15, 0.2) is 48.5 Å². The second-order valence-corrected chi connectivity index (χ2v) is 6.18. The van der Waals surface area contributed by atoms with E-state index in [2.05, 4.69) is 10.4 Å². The first-order valence-electron chi connectivity index (χ1n) is 8.04. The fraction of sp³-hybridized carbons (Fsp3) is 0.211. The monoisotopic (exact) mass is 343 g/mol. The first-order valence-corrected chi connectivity index (χ1v) is 8.04. The Bertz CT molecular complexity index is 924. The topological polar surface area (TPSA) is 29.9 Å². The van der Waals surface area contributed by atoms with Crippen LogP contribution in [0.1, 0.15) is 16.7 Å². The minimum absolute atomic E-state index is 0.402. The first-order chi connectivity index (χ1) is 11.9. The van der Waals surface area contributed by atoms with Gasteiger partial charge in [-0.25, -0.2) is 4.68 Å². The molecule has 6 heteroatoms. The van der Waals surface area contributed by atoms with E-state index in [1.165, 1.54) is 6.07 Å². The summed E-state index contributed by atoms with van der Waals surface area (Å²) in [4.78, 5) is 0. The normalized spacial score (nSPS) is 13.6. The lowest BCUT2D eigenvalue weighted by Gasteiger charge is -2.10. The molecule has 3 aromatic rings. The molecule has 1 N–H and O–H groups in total. The lowest BCUT2D eigenvalue weighted by atomic mass is 10.1. The van der Waals surface area contributed by atoms with Gasteiger partial charge in [-0.05, 0) is 31.5 Å². The summed E-state index contributed by atoms with van der Waals surface area (Å²) in [6.07, 6.45) is -3.57. The van der Waals surface area contributed by atoms with E-state index in [9.17, 15) is 13.2 Å². The number of fused-ring (bicyclic) bond motifs is 1. The minimum atomic E-state index is -4.38. The van der Waals surface area contributed by atoms with E-state index in [-0.39, 0.29) is 0 Å². The Hall–Kier alpha value is -2.76. The van der Waals surface area contributed by atoms with Gasteiger partial charge < -0.3 is 5.32 Å². The Morgan fingerprint density at radius 2 is 1.84 bits per heavy atom. The molecule has 4 rings (SSSR count). The Kier molecular flexibility index (Phi) is 3.56. The smallest absolute Gasteiger partial charge is 0.369 e. The van der Waals surface area contributed by atoms with Crippen LogP contribution in [0.3, 0.4) is 0 Å². The number of hydrogen-bond acceptors (Lipinski definition) is 2. The molecule has 3 nitrogen and oxygen atoms in total. The molecule has 128 valence electrons. The molecule has 0 spiro atoms. The highest BCUT2D eigenvalue weighted by atomic mass is 19.4. The van der Waals surface area contributed by atoms with Crippen LogP contribution in [0.2, 0.25) is 0 Å². The van der Waals surface area contributed by atoms with Gasteiger partial charge in [0, 0.05) is 17.7 Å². The molecule has 2 heterocycles. The van der Waals surface area contributed by atoms with E-state index in [4.69, 9.17) is 0 Å². The van der Waals surface area contributed by atoms with Crippen LogP contribution in [0, 0.1) is 6.92 Å². The third kappa shape index (κ3) is 2.77. The summed E-state index contributed by atoms with van der Waals surface area (Å²) < 4.78 is 40.6. The van der Waals surface area contributed by atoms with Crippen LogP contribution in [0.25, 0.3) is 16.9 Å². The molecule has 0 saturated carbocycles. The van der Waals surface area contributed by atoms with Crippen LogP contribution in [0.5, 0.6) is 0 Å². The summed E-state index contributed by atoms with van der Waals surface area (Å²) >= 11 is 0. The Balaban J connectivity index is 1.85. The summed E-state index contributed by atoms with van der Waals surface area (Å²) in [6, 6.07) is 13.3. The van der Waals surface area contributed by atoms with Crippen molar-refractivity contribution in [2.24, 2.45) is 0 Å². The molecule has 0 bridgehead atoms. The summed E-state index contributed by atoms with van der Waals surface area (Å²) in [7, 11) is 0. The Labute approximate surface area is 143 Å². The zero-order chi connectivity index (χ0) is 17.6. The average molecular weight is 343 g/mol. The second-order valence-electron chi connectivity index (χ2n) is 6.18. The number of rotatable bonds is 2. The number of nitrogens with one attached hydrogen (secondary N) is 1. The first kappa shape index (κ1) is 15.7. The molecular weight excluding hydrogens is 327 g/mol. The van der Waals surface area contributed by atoms with Gasteiger partial charge in [0.1, 0.15) is 5.82 Å². The fourth-order valence-electron chi connectivity index (χ4n) is 3.12. The quantitative estimate of drug-likeness (QED) is 0.722. The van der Waals surface area contributed by atoms with Crippen molar-refractivity contribution in [1.82, 2.24) is 9.78 Å². The van der Waals surface area contributed by atoms with E-state index in [0.717, 1.165) is 53.3 Å². The predicted octanol–water partition coefficient (Wildman–Crippen LogP) is 4.83. The van der Waals surface area contributed by atoms with Crippen molar-refractivity contribution in [2.75, 3.05) is 11.9 Å². The van der Waals surface area contributed by atoms with Gasteiger partial charge in [0.2, 0.25) is 0 Å². The van der Waals surface area contributed by atoms with E-state index in [1.807, 2.05) is 31.2 Å². The highest BCUT2D eigenvalue weighted by Crippen LogP contribution is 2.36. The van der Waals surface area contributed by atoms with Gasteiger partial charge in [0.25, 0.3) is 0 Å². The van der Waals surface area contributed by atoms with Crippen LogP contribution >= 0.6 is 0 Å². The number of alkyl halides is 3. The van der Waals surface area contributed by atoms with Crippen molar-refractivity contribution in [2.45, 2.75) is 19.5 Å². The molecule has 0 unspecified atom stereocenters. The highest BCUT2D eigenvalue weighted by molar-refractivity contribution is 5.73. The molecule has 1 aliphatic rings. The van der Waals surface area contributed by atoms with E-state index >= 15 is 0 Å². The molecule has 25 heavy (non-hydrogen) atoms. The number of halogens is 3. The molecule has 2 aromatic carbocycles. The van der Waals surface area contributed by atoms with Crippen LogP contribution in [-0.2, 0) is 12.6 Å². The maximum Gasteiger partial charge on any atom is 0.416 e. The fourth-order valence-corrected chi connectivity index (χ4v) is 3.12. The molecule has 0 radical (unpaired) electrons. The lowest BCUT2D eigenvalue weighted by molar-refractivity contribution is -0.137. The van der Waals surface area contributed by atoms with Gasteiger partial charge in [0.15, 0.2) is 0 Å². The van der Waals surface area contributed by atoms with Crippen molar-refractivity contribution in [1.29, 1.82) is 0 Å². The summed E-state index contributed by atoms with van der Waals surface area (Å²) in [5, 5.41) is 7.86. The maximum absolute atomic E-state index is 13.0. The minimum Gasteiger partial charge on any atom is -0.369 e. The van der Waals surface area contributed by atoms with Crippen molar-refractivity contribution in [3.05, 3.63) is 65.2 Å². The molecule has 0 aliphatic carbocycles. The predicted molar refractivity (Wildman–Crippen MR) is 90.9 cm³/mol. The maximum atomic E-state index is 13.0. The van der Waals surface area contributed by atoms with Gasteiger partial charge in [-0.1, -0.05) is 35.9 Å². The Morgan fingerprint density at radius 3 is 2.56 bits per heavy atom. The SMILES string of the molecule is Cc1ccc(-c2nn(-c3cccc(C(F)(F)F)c3)c3c2CCN3)cc1. The molecule has 1 aliphatic heterocycles. The standard InChI is InChI=1S/C19H16F3N3/c1-12-5-7-13(8-6-12)17-16-9-10-23-18(16)25(24-17)15-4-2-3-14(11-15)19(20,21)22/h2-8,11,23H,9-10H2,1H3. The second kappa shape index (κ2) is 5.65. The van der Waals surface area contributed by atoms with E-state index in [1.54, 1.807) is 10.7 Å². The van der Waals surface area contributed by atoms with Gasteiger partial charge in [-0.2, -0.15) is 18.3 Å². The number of anilines is 1. The molecule has 1 aromatic heterocycles. The van der Waals surface area contributed by atoms with Gasteiger partial charge in [-0.3, -0.25) is 0 Å². The number of aryl methyl sites for hydroxylation is 1. The van der Waals surface area contributed by atoms with Crippen molar-refractivity contribution in [3.63, 3.8) is 0 Å². The number of hydrogen-bond donors (Lipinski definition) is 1. The molecule has 0 amide bonds. The highest BCUT2D eigenvalue weighted by Gasteiger charge is 2.31. The van der Waals surface area contributed by atoms with Crippen molar-refractivity contribution < 1.29 is 13.2 Å². The average Bonchev–Trinajstić information content (AvgIpc) is 3.17.